The van der Waals surface area contributed by atoms with Crippen molar-refractivity contribution in [2.75, 3.05) is 50.5 Å². The van der Waals surface area contributed by atoms with Gasteiger partial charge in [-0.3, -0.25) is 14.3 Å². The molecule has 1 aromatic carbocycles. The molecule has 3 aromatic rings. The minimum absolute atomic E-state index is 0.0223. The van der Waals surface area contributed by atoms with Crippen LogP contribution in [0.5, 0.6) is 5.75 Å². The Kier molecular flexibility index (Phi) is 5.50. The molecule has 0 aliphatic carbocycles. The highest BCUT2D eigenvalue weighted by Gasteiger charge is 2.20. The number of hydrogen-bond acceptors (Lipinski definition) is 8. The Morgan fingerprint density at radius 3 is 2.66 bits per heavy atom. The zero-order chi connectivity index (χ0) is 20.4. The van der Waals surface area contributed by atoms with E-state index in [9.17, 15) is 4.79 Å². The lowest BCUT2D eigenvalue weighted by Crippen LogP contribution is -2.47. The predicted molar refractivity (Wildman–Crippen MR) is 113 cm³/mol. The van der Waals surface area contributed by atoms with Gasteiger partial charge >= 0.3 is 0 Å². The maximum atomic E-state index is 12.4. The van der Waals surface area contributed by atoms with Crippen molar-refractivity contribution in [3.63, 3.8) is 0 Å². The normalized spacial score (nSPS) is 15.0. The lowest BCUT2D eigenvalue weighted by Gasteiger charge is -2.36. The molecule has 3 heterocycles. The van der Waals surface area contributed by atoms with Gasteiger partial charge in [0.15, 0.2) is 10.8 Å². The summed E-state index contributed by atoms with van der Waals surface area (Å²) >= 11 is 6.10. The third-order valence-electron chi connectivity index (χ3n) is 5.10. The summed E-state index contributed by atoms with van der Waals surface area (Å²) in [5.41, 5.74) is 7.31. The highest BCUT2D eigenvalue weighted by Crippen LogP contribution is 2.28. The molecule has 0 spiro atoms. The maximum absolute atomic E-state index is 12.4. The van der Waals surface area contributed by atoms with Gasteiger partial charge in [-0.25, -0.2) is 4.98 Å². The number of nitrogens with zero attached hydrogens (tertiary/aromatic N) is 6. The molecule has 0 radical (unpaired) electrons. The average molecular weight is 416 g/mol. The number of aromatic nitrogens is 4. The maximum Gasteiger partial charge on any atom is 0.270 e. The summed E-state index contributed by atoms with van der Waals surface area (Å²) in [7, 11) is 1.69. The van der Waals surface area contributed by atoms with Crippen molar-refractivity contribution in [2.24, 2.45) is 0 Å². The zero-order valence-corrected chi connectivity index (χ0v) is 16.8. The molecular formula is C19H22ClN7O2. The average Bonchev–Trinajstić information content (AvgIpc) is 2.73. The van der Waals surface area contributed by atoms with Crippen molar-refractivity contribution < 1.29 is 4.74 Å². The number of rotatable bonds is 5. The van der Waals surface area contributed by atoms with E-state index >= 15 is 0 Å². The van der Waals surface area contributed by atoms with E-state index in [1.165, 1.54) is 6.20 Å². The summed E-state index contributed by atoms with van der Waals surface area (Å²) in [5, 5.41) is 0.145. The number of halogens is 1. The van der Waals surface area contributed by atoms with E-state index in [0.29, 0.717) is 24.3 Å². The lowest BCUT2D eigenvalue weighted by molar-refractivity contribution is 0.247. The van der Waals surface area contributed by atoms with Crippen LogP contribution in [0.1, 0.15) is 0 Å². The molecule has 29 heavy (non-hydrogen) atoms. The minimum Gasteiger partial charge on any atom is -0.495 e. The van der Waals surface area contributed by atoms with Crippen molar-refractivity contribution in [3.8, 4) is 5.75 Å². The van der Waals surface area contributed by atoms with Gasteiger partial charge in [0, 0.05) is 39.3 Å². The summed E-state index contributed by atoms with van der Waals surface area (Å²) in [5.74, 6) is 0.902. The van der Waals surface area contributed by atoms with Crippen molar-refractivity contribution in [1.82, 2.24) is 24.4 Å². The first kappa shape index (κ1) is 19.4. The smallest absolute Gasteiger partial charge is 0.270 e. The second-order valence-electron chi connectivity index (χ2n) is 6.79. The molecule has 4 rings (SSSR count). The highest BCUT2D eigenvalue weighted by atomic mass is 35.5. The molecule has 1 saturated heterocycles. The first-order valence-electron chi connectivity index (χ1n) is 9.35. The zero-order valence-electron chi connectivity index (χ0n) is 16.1. The van der Waals surface area contributed by atoms with Crippen LogP contribution in [-0.2, 0) is 6.54 Å². The summed E-state index contributed by atoms with van der Waals surface area (Å²) in [4.78, 5) is 29.1. The number of nitrogen functional groups attached to an aromatic ring is 1. The highest BCUT2D eigenvalue weighted by molar-refractivity contribution is 6.33. The van der Waals surface area contributed by atoms with Crippen LogP contribution in [0.2, 0.25) is 5.15 Å². The molecule has 0 amide bonds. The predicted octanol–water partition coefficient (Wildman–Crippen LogP) is 1.25. The Morgan fingerprint density at radius 1 is 1.14 bits per heavy atom. The number of benzene rings is 1. The van der Waals surface area contributed by atoms with Crippen LogP contribution in [0.3, 0.4) is 0 Å². The Hall–Kier alpha value is -2.91. The first-order valence-corrected chi connectivity index (χ1v) is 9.73. The van der Waals surface area contributed by atoms with E-state index in [0.717, 1.165) is 37.6 Å². The van der Waals surface area contributed by atoms with Crippen LogP contribution in [0.25, 0.3) is 11.2 Å². The number of fused-ring (bicyclic) bond motifs is 1. The summed E-state index contributed by atoms with van der Waals surface area (Å²) < 4.78 is 7.03. The number of hydrogen-bond donors (Lipinski definition) is 1. The lowest BCUT2D eigenvalue weighted by atomic mass is 10.2. The number of anilines is 2. The molecular weight excluding hydrogens is 394 g/mol. The fourth-order valence-corrected chi connectivity index (χ4v) is 3.81. The van der Waals surface area contributed by atoms with Gasteiger partial charge in [-0.2, -0.15) is 9.97 Å². The molecule has 0 saturated carbocycles. The molecule has 1 aliphatic rings. The van der Waals surface area contributed by atoms with Crippen LogP contribution in [0.15, 0.2) is 35.3 Å². The number of ether oxygens (including phenoxy) is 1. The van der Waals surface area contributed by atoms with E-state index in [1.807, 2.05) is 18.2 Å². The Bertz CT molecular complexity index is 1080. The third kappa shape index (κ3) is 3.96. The summed E-state index contributed by atoms with van der Waals surface area (Å²) in [6.45, 7) is 4.71. The van der Waals surface area contributed by atoms with Crippen LogP contribution < -0.4 is 20.9 Å². The second-order valence-corrected chi connectivity index (χ2v) is 7.15. The van der Waals surface area contributed by atoms with E-state index in [-0.39, 0.29) is 16.7 Å². The molecule has 0 atom stereocenters. The topological polar surface area (TPSA) is 102 Å². The van der Waals surface area contributed by atoms with Gasteiger partial charge in [0.1, 0.15) is 11.3 Å². The quantitative estimate of drug-likeness (QED) is 0.621. The first-order chi connectivity index (χ1) is 14.1. The molecule has 9 nitrogen and oxygen atoms in total. The fourth-order valence-electron chi connectivity index (χ4n) is 3.59. The van der Waals surface area contributed by atoms with Gasteiger partial charge in [0.2, 0.25) is 5.95 Å². The Morgan fingerprint density at radius 2 is 1.90 bits per heavy atom. The van der Waals surface area contributed by atoms with Gasteiger partial charge in [0.05, 0.1) is 19.0 Å². The summed E-state index contributed by atoms with van der Waals surface area (Å²) in [6, 6.07) is 8.04. The van der Waals surface area contributed by atoms with E-state index in [4.69, 9.17) is 22.1 Å². The van der Waals surface area contributed by atoms with Crippen molar-refractivity contribution in [2.45, 2.75) is 6.54 Å². The molecule has 0 bridgehead atoms. The number of nitrogens with two attached hydrogens (primary N) is 1. The van der Waals surface area contributed by atoms with Crippen LogP contribution in [0, 0.1) is 0 Å². The molecule has 1 fully saturated rings. The molecule has 1 aliphatic heterocycles. The van der Waals surface area contributed by atoms with Gasteiger partial charge < -0.3 is 15.4 Å². The number of methoxy groups -OCH3 is 1. The van der Waals surface area contributed by atoms with Gasteiger partial charge in [0.25, 0.3) is 5.56 Å². The Balaban J connectivity index is 1.45. The van der Waals surface area contributed by atoms with Gasteiger partial charge in [-0.1, -0.05) is 23.7 Å². The third-order valence-corrected chi connectivity index (χ3v) is 5.37. The van der Waals surface area contributed by atoms with E-state index < -0.39 is 0 Å². The minimum atomic E-state index is -0.237. The standard InChI is InChI=1S/C19H22ClN7O2/c1-29-14-5-3-2-4-13(14)26-9-6-25(7-10-26)8-11-27-15(28)12-22-16-17(20)23-19(21)24-18(16)27/h2-5,12H,6-11H2,1H3,(H2,21,23,24). The molecule has 0 unspecified atom stereocenters. The van der Waals surface area contributed by atoms with Gasteiger partial charge in [-0.05, 0) is 12.1 Å². The van der Waals surface area contributed by atoms with Crippen LogP contribution in [0.4, 0.5) is 11.6 Å². The van der Waals surface area contributed by atoms with Crippen molar-refractivity contribution >= 4 is 34.4 Å². The van der Waals surface area contributed by atoms with E-state index in [2.05, 4.69) is 30.8 Å². The summed E-state index contributed by atoms with van der Waals surface area (Å²) in [6.07, 6.45) is 1.24. The second kappa shape index (κ2) is 8.22. The largest absolute Gasteiger partial charge is 0.495 e. The Labute approximate surface area is 172 Å². The van der Waals surface area contributed by atoms with Gasteiger partial charge in [-0.15, -0.1) is 0 Å². The molecule has 2 N–H and O–H groups in total. The monoisotopic (exact) mass is 415 g/mol. The molecule has 152 valence electrons. The van der Waals surface area contributed by atoms with Crippen molar-refractivity contribution in [3.05, 3.63) is 46.0 Å². The SMILES string of the molecule is COc1ccccc1N1CCN(CCn2c(=O)cnc3c(Cl)nc(N)nc32)CC1. The fraction of sp³-hybridized carbons (Fsp3) is 0.368. The molecule has 2 aromatic heterocycles. The molecule has 10 heteroatoms. The van der Waals surface area contributed by atoms with E-state index in [1.54, 1.807) is 11.7 Å². The van der Waals surface area contributed by atoms with Crippen molar-refractivity contribution in [1.29, 1.82) is 0 Å². The van der Waals surface area contributed by atoms with Crippen LogP contribution >= 0.6 is 11.6 Å². The van der Waals surface area contributed by atoms with Crippen LogP contribution in [-0.4, -0.2) is 64.3 Å². The number of para-hydroxylation sites is 2. The number of piperazine rings is 1.